The Morgan fingerprint density at radius 3 is 2.84 bits per heavy atom. The Labute approximate surface area is 113 Å². The molecule has 19 heavy (non-hydrogen) atoms. The number of hydrogen-bond donors (Lipinski definition) is 1. The maximum absolute atomic E-state index is 12.0. The Hall–Kier alpha value is -2.37. The van der Waals surface area contributed by atoms with Crippen LogP contribution in [0.4, 0.5) is 0 Å². The van der Waals surface area contributed by atoms with E-state index in [2.05, 4.69) is 22.9 Å². The van der Waals surface area contributed by atoms with Crippen LogP contribution in [0.1, 0.15) is 23.0 Å². The third-order valence-electron chi connectivity index (χ3n) is 2.43. The zero-order valence-corrected chi connectivity index (χ0v) is 11.1. The first-order valence-corrected chi connectivity index (χ1v) is 5.88. The summed E-state index contributed by atoms with van der Waals surface area (Å²) in [7, 11) is 1.65. The van der Waals surface area contributed by atoms with Gasteiger partial charge in [-0.05, 0) is 19.1 Å². The summed E-state index contributed by atoms with van der Waals surface area (Å²) < 4.78 is 0. The number of carbonyl (C=O) groups excluding carboxylic acids is 1. The van der Waals surface area contributed by atoms with Gasteiger partial charge in [-0.2, -0.15) is 5.26 Å². The molecule has 0 saturated heterocycles. The molecule has 98 valence electrons. The fraction of sp³-hybridized carbons (Fsp3) is 0.357. The third-order valence-corrected chi connectivity index (χ3v) is 2.43. The number of rotatable bonds is 3. The molecule has 1 aromatic rings. The zero-order chi connectivity index (χ0) is 14.3. The van der Waals surface area contributed by atoms with E-state index < -0.39 is 0 Å². The SMILES string of the molecule is CC(C#N)CN(C)C(=O)c1ccc(C#CCN)cn1. The second kappa shape index (κ2) is 7.15. The quantitative estimate of drug-likeness (QED) is 0.804. The van der Waals surface area contributed by atoms with Crippen LogP contribution in [0.15, 0.2) is 18.3 Å². The summed E-state index contributed by atoms with van der Waals surface area (Å²) in [5, 5.41) is 8.73. The highest BCUT2D eigenvalue weighted by Gasteiger charge is 2.15. The molecule has 2 N–H and O–H groups in total. The first-order valence-electron chi connectivity index (χ1n) is 5.88. The number of carbonyl (C=O) groups is 1. The van der Waals surface area contributed by atoms with E-state index >= 15 is 0 Å². The first-order chi connectivity index (χ1) is 9.08. The zero-order valence-electron chi connectivity index (χ0n) is 11.1. The van der Waals surface area contributed by atoms with Crippen LogP contribution in [0.25, 0.3) is 0 Å². The van der Waals surface area contributed by atoms with Gasteiger partial charge in [-0.25, -0.2) is 4.98 Å². The van der Waals surface area contributed by atoms with Crippen molar-refractivity contribution in [3.8, 4) is 17.9 Å². The summed E-state index contributed by atoms with van der Waals surface area (Å²) in [6.07, 6.45) is 1.54. The van der Waals surface area contributed by atoms with Crippen molar-refractivity contribution in [3.05, 3.63) is 29.6 Å². The Morgan fingerprint density at radius 1 is 1.58 bits per heavy atom. The number of nitrogens with two attached hydrogens (primary N) is 1. The minimum atomic E-state index is -0.208. The van der Waals surface area contributed by atoms with E-state index in [9.17, 15) is 4.79 Å². The van der Waals surface area contributed by atoms with Gasteiger partial charge < -0.3 is 10.6 Å². The van der Waals surface area contributed by atoms with Gasteiger partial charge in [0.25, 0.3) is 5.91 Å². The van der Waals surface area contributed by atoms with Gasteiger partial charge in [-0.15, -0.1) is 0 Å². The van der Waals surface area contributed by atoms with Crippen LogP contribution < -0.4 is 5.73 Å². The smallest absolute Gasteiger partial charge is 0.272 e. The molecule has 5 heteroatoms. The Kier molecular flexibility index (Phi) is 5.53. The Bertz CT molecular complexity index is 533. The van der Waals surface area contributed by atoms with E-state index in [1.807, 2.05) is 0 Å². The van der Waals surface area contributed by atoms with E-state index in [4.69, 9.17) is 11.0 Å². The molecule has 1 atom stereocenters. The summed E-state index contributed by atoms with van der Waals surface area (Å²) in [6.45, 7) is 2.43. The maximum atomic E-state index is 12.0. The number of amides is 1. The fourth-order valence-electron chi connectivity index (χ4n) is 1.48. The summed E-state index contributed by atoms with van der Waals surface area (Å²) in [6, 6.07) is 5.44. The van der Waals surface area contributed by atoms with Crippen molar-refractivity contribution in [1.29, 1.82) is 5.26 Å². The molecule has 0 aliphatic rings. The van der Waals surface area contributed by atoms with Crippen molar-refractivity contribution < 1.29 is 4.79 Å². The Balaban J connectivity index is 2.75. The predicted molar refractivity (Wildman–Crippen MR) is 71.9 cm³/mol. The molecule has 0 aliphatic carbocycles. The molecule has 5 nitrogen and oxygen atoms in total. The van der Waals surface area contributed by atoms with E-state index in [1.54, 1.807) is 26.1 Å². The van der Waals surface area contributed by atoms with Gasteiger partial charge in [0.15, 0.2) is 0 Å². The first kappa shape index (κ1) is 14.7. The topological polar surface area (TPSA) is 83.0 Å². The molecule has 0 spiro atoms. The fourth-order valence-corrected chi connectivity index (χ4v) is 1.48. The number of nitrogens with zero attached hydrogens (tertiary/aromatic N) is 3. The predicted octanol–water partition coefficient (Wildman–Crippen LogP) is 0.623. The lowest BCUT2D eigenvalue weighted by Gasteiger charge is -2.17. The van der Waals surface area contributed by atoms with Crippen molar-refractivity contribution in [2.24, 2.45) is 11.7 Å². The second-order valence-electron chi connectivity index (χ2n) is 4.15. The van der Waals surface area contributed by atoms with Crippen LogP contribution in [0.2, 0.25) is 0 Å². The van der Waals surface area contributed by atoms with Crippen molar-refractivity contribution >= 4 is 5.91 Å². The van der Waals surface area contributed by atoms with Crippen LogP contribution in [0.3, 0.4) is 0 Å². The van der Waals surface area contributed by atoms with Gasteiger partial charge in [0.2, 0.25) is 0 Å². The molecule has 0 fully saturated rings. The van der Waals surface area contributed by atoms with E-state index in [0.29, 0.717) is 12.2 Å². The second-order valence-corrected chi connectivity index (χ2v) is 4.15. The monoisotopic (exact) mass is 256 g/mol. The van der Waals surface area contributed by atoms with E-state index in [1.165, 1.54) is 11.1 Å². The number of aromatic nitrogens is 1. The third kappa shape index (κ3) is 4.42. The van der Waals surface area contributed by atoms with Gasteiger partial charge >= 0.3 is 0 Å². The van der Waals surface area contributed by atoms with Gasteiger partial charge in [-0.3, -0.25) is 4.79 Å². The van der Waals surface area contributed by atoms with Crippen LogP contribution in [-0.2, 0) is 0 Å². The van der Waals surface area contributed by atoms with Crippen molar-refractivity contribution in [3.63, 3.8) is 0 Å². The normalized spacial score (nSPS) is 10.8. The molecule has 1 heterocycles. The van der Waals surface area contributed by atoms with Crippen LogP contribution in [-0.4, -0.2) is 35.9 Å². The van der Waals surface area contributed by atoms with E-state index in [-0.39, 0.29) is 18.4 Å². The molecule has 1 amide bonds. The standard InChI is InChI=1S/C14H16N4O/c1-11(8-16)10-18(2)14(19)13-6-5-12(9-17-13)4-3-7-15/h5-6,9,11H,7,10,15H2,1-2H3. The number of hydrogen-bond acceptors (Lipinski definition) is 4. The van der Waals surface area contributed by atoms with E-state index in [0.717, 1.165) is 5.56 Å². The highest BCUT2D eigenvalue weighted by molar-refractivity contribution is 5.92. The molecule has 0 bridgehead atoms. The largest absolute Gasteiger partial charge is 0.339 e. The lowest BCUT2D eigenvalue weighted by Crippen LogP contribution is -2.31. The van der Waals surface area contributed by atoms with Crippen molar-refractivity contribution in [2.75, 3.05) is 20.1 Å². The minimum Gasteiger partial charge on any atom is -0.339 e. The molecular formula is C14H16N4O. The molecule has 1 rings (SSSR count). The highest BCUT2D eigenvalue weighted by Crippen LogP contribution is 2.04. The summed E-state index contributed by atoms with van der Waals surface area (Å²) in [4.78, 5) is 17.6. The lowest BCUT2D eigenvalue weighted by atomic mass is 10.2. The summed E-state index contributed by atoms with van der Waals surface area (Å²) in [5.41, 5.74) is 6.33. The van der Waals surface area contributed by atoms with Crippen LogP contribution in [0, 0.1) is 29.1 Å². The lowest BCUT2D eigenvalue weighted by molar-refractivity contribution is 0.0779. The number of pyridine rings is 1. The maximum Gasteiger partial charge on any atom is 0.272 e. The number of nitriles is 1. The van der Waals surface area contributed by atoms with Gasteiger partial charge in [-0.1, -0.05) is 11.8 Å². The molecule has 1 unspecified atom stereocenters. The molecule has 0 aromatic carbocycles. The van der Waals surface area contributed by atoms with Gasteiger partial charge in [0, 0.05) is 25.4 Å². The summed E-state index contributed by atoms with van der Waals surface area (Å²) in [5.74, 6) is 5.14. The van der Waals surface area contributed by atoms with Gasteiger partial charge in [0.05, 0.1) is 18.5 Å². The average Bonchev–Trinajstić information content (AvgIpc) is 2.44. The highest BCUT2D eigenvalue weighted by atomic mass is 16.2. The van der Waals surface area contributed by atoms with Crippen LogP contribution in [0.5, 0.6) is 0 Å². The molecular weight excluding hydrogens is 240 g/mol. The Morgan fingerprint density at radius 2 is 2.32 bits per heavy atom. The molecule has 0 saturated carbocycles. The molecule has 0 aliphatic heterocycles. The van der Waals surface area contributed by atoms with Crippen molar-refractivity contribution in [2.45, 2.75) is 6.92 Å². The minimum absolute atomic E-state index is 0.205. The van der Waals surface area contributed by atoms with Gasteiger partial charge in [0.1, 0.15) is 5.69 Å². The van der Waals surface area contributed by atoms with Crippen molar-refractivity contribution in [1.82, 2.24) is 9.88 Å². The average molecular weight is 256 g/mol. The molecule has 0 radical (unpaired) electrons. The molecule has 1 aromatic heterocycles. The van der Waals surface area contributed by atoms with Crippen LogP contribution >= 0.6 is 0 Å². The summed E-state index contributed by atoms with van der Waals surface area (Å²) >= 11 is 0.